The van der Waals surface area contributed by atoms with E-state index in [2.05, 4.69) is 17.6 Å². The number of hydrogen-bond donors (Lipinski definition) is 3. The van der Waals surface area contributed by atoms with Crippen LogP contribution in [0.15, 0.2) is 24.3 Å². The van der Waals surface area contributed by atoms with Gasteiger partial charge >= 0.3 is 0 Å². The lowest BCUT2D eigenvalue weighted by molar-refractivity contribution is -0.127. The number of piperidine rings is 1. The lowest BCUT2D eigenvalue weighted by Crippen LogP contribution is -2.44. The molecular weight excluding hydrogens is 240 g/mol. The molecule has 104 valence electrons. The van der Waals surface area contributed by atoms with E-state index in [0.717, 1.165) is 38.8 Å². The van der Waals surface area contributed by atoms with E-state index in [4.69, 9.17) is 0 Å². The van der Waals surface area contributed by atoms with Gasteiger partial charge < -0.3 is 15.7 Å². The predicted octanol–water partition coefficient (Wildman–Crippen LogP) is 2.50. The van der Waals surface area contributed by atoms with Gasteiger partial charge in [0.15, 0.2) is 0 Å². The molecule has 0 bridgehead atoms. The van der Waals surface area contributed by atoms with Crippen LogP contribution < -0.4 is 10.6 Å². The van der Waals surface area contributed by atoms with Gasteiger partial charge in [-0.1, -0.05) is 25.5 Å². The standard InChI is InChI=1S/C15H22N2O2/c1-2-7-15(8-10-16-11-9-15)14(19)17-12-5-3-4-6-13(12)18/h3-6,16,18H,2,7-11H2,1H3,(H,17,19). The van der Waals surface area contributed by atoms with E-state index < -0.39 is 0 Å². The third kappa shape index (κ3) is 3.07. The maximum absolute atomic E-state index is 12.6. The molecule has 0 radical (unpaired) electrons. The number of carbonyl (C=O) groups excluding carboxylic acids is 1. The van der Waals surface area contributed by atoms with Crippen molar-refractivity contribution >= 4 is 11.6 Å². The zero-order valence-corrected chi connectivity index (χ0v) is 11.4. The highest BCUT2D eigenvalue weighted by molar-refractivity contribution is 5.96. The van der Waals surface area contributed by atoms with E-state index in [1.54, 1.807) is 18.2 Å². The Kier molecular flexibility index (Phi) is 4.43. The Morgan fingerprint density at radius 2 is 2.05 bits per heavy atom. The molecule has 2 rings (SSSR count). The lowest BCUT2D eigenvalue weighted by atomic mass is 9.74. The molecule has 0 saturated carbocycles. The minimum absolute atomic E-state index is 0.0392. The Bertz CT molecular complexity index is 434. The molecule has 1 aromatic carbocycles. The van der Waals surface area contributed by atoms with Crippen molar-refractivity contribution in [2.75, 3.05) is 18.4 Å². The van der Waals surface area contributed by atoms with Crippen LogP contribution in [-0.4, -0.2) is 24.1 Å². The predicted molar refractivity (Wildman–Crippen MR) is 76.2 cm³/mol. The Morgan fingerprint density at radius 1 is 1.37 bits per heavy atom. The molecule has 1 fully saturated rings. The number of phenols is 1. The highest BCUT2D eigenvalue weighted by atomic mass is 16.3. The first-order valence-corrected chi connectivity index (χ1v) is 6.98. The third-order valence-electron chi connectivity index (χ3n) is 3.92. The SMILES string of the molecule is CCCC1(C(=O)Nc2ccccc2O)CCNCC1. The number of hydrogen-bond acceptors (Lipinski definition) is 3. The van der Waals surface area contributed by atoms with Gasteiger partial charge in [-0.25, -0.2) is 0 Å². The van der Waals surface area contributed by atoms with Gasteiger partial charge in [0.2, 0.25) is 5.91 Å². The molecule has 3 N–H and O–H groups in total. The highest BCUT2D eigenvalue weighted by Crippen LogP contribution is 2.36. The largest absolute Gasteiger partial charge is 0.506 e. The van der Waals surface area contributed by atoms with Crippen molar-refractivity contribution < 1.29 is 9.90 Å². The third-order valence-corrected chi connectivity index (χ3v) is 3.92. The number of carbonyl (C=O) groups is 1. The number of anilines is 1. The molecule has 1 amide bonds. The molecule has 1 aliphatic heterocycles. The van der Waals surface area contributed by atoms with E-state index in [9.17, 15) is 9.90 Å². The summed E-state index contributed by atoms with van der Waals surface area (Å²) in [6.45, 7) is 3.87. The number of benzene rings is 1. The topological polar surface area (TPSA) is 61.4 Å². The van der Waals surface area contributed by atoms with Crippen LogP contribution in [-0.2, 0) is 4.79 Å². The minimum atomic E-state index is -0.289. The van der Waals surface area contributed by atoms with Gasteiger partial charge in [-0.3, -0.25) is 4.79 Å². The second-order valence-electron chi connectivity index (χ2n) is 5.25. The van der Waals surface area contributed by atoms with Crippen molar-refractivity contribution in [3.8, 4) is 5.75 Å². The summed E-state index contributed by atoms with van der Waals surface area (Å²) in [5.74, 6) is 0.161. The Morgan fingerprint density at radius 3 is 2.68 bits per heavy atom. The fourth-order valence-electron chi connectivity index (χ4n) is 2.81. The number of para-hydroxylation sites is 2. The molecule has 4 nitrogen and oxygen atoms in total. The normalized spacial score (nSPS) is 17.9. The maximum Gasteiger partial charge on any atom is 0.230 e. The molecule has 0 aliphatic carbocycles. The van der Waals surface area contributed by atoms with E-state index >= 15 is 0 Å². The fourth-order valence-corrected chi connectivity index (χ4v) is 2.81. The summed E-state index contributed by atoms with van der Waals surface area (Å²) in [6, 6.07) is 6.88. The summed E-state index contributed by atoms with van der Waals surface area (Å²) in [5.41, 5.74) is 0.212. The number of aromatic hydroxyl groups is 1. The van der Waals surface area contributed by atoms with E-state index in [1.165, 1.54) is 0 Å². The molecule has 1 heterocycles. The van der Waals surface area contributed by atoms with Crippen LogP contribution in [0, 0.1) is 5.41 Å². The smallest absolute Gasteiger partial charge is 0.230 e. The molecule has 0 aromatic heterocycles. The number of rotatable bonds is 4. The maximum atomic E-state index is 12.6. The minimum Gasteiger partial charge on any atom is -0.506 e. The second-order valence-corrected chi connectivity index (χ2v) is 5.25. The van der Waals surface area contributed by atoms with Crippen LogP contribution in [0.2, 0.25) is 0 Å². The molecule has 0 atom stereocenters. The molecule has 1 aliphatic rings. The van der Waals surface area contributed by atoms with Gasteiger partial charge in [0.1, 0.15) is 5.75 Å². The first kappa shape index (κ1) is 13.9. The summed E-state index contributed by atoms with van der Waals surface area (Å²) >= 11 is 0. The summed E-state index contributed by atoms with van der Waals surface area (Å²) in [4.78, 5) is 12.6. The Labute approximate surface area is 114 Å². The zero-order chi connectivity index (χ0) is 13.7. The zero-order valence-electron chi connectivity index (χ0n) is 11.4. The molecule has 4 heteroatoms. The fraction of sp³-hybridized carbons (Fsp3) is 0.533. The molecular formula is C15H22N2O2. The van der Waals surface area contributed by atoms with Crippen molar-refractivity contribution in [1.29, 1.82) is 0 Å². The summed E-state index contributed by atoms with van der Waals surface area (Å²) < 4.78 is 0. The second kappa shape index (κ2) is 6.06. The van der Waals surface area contributed by atoms with Crippen LogP contribution in [0.4, 0.5) is 5.69 Å². The van der Waals surface area contributed by atoms with Gasteiger partial charge in [-0.2, -0.15) is 0 Å². The van der Waals surface area contributed by atoms with Crippen LogP contribution in [0.3, 0.4) is 0 Å². The summed E-state index contributed by atoms with van der Waals surface area (Å²) in [6.07, 6.45) is 3.61. The van der Waals surface area contributed by atoms with Gasteiger partial charge in [-0.05, 0) is 44.5 Å². The Balaban J connectivity index is 2.14. The monoisotopic (exact) mass is 262 g/mol. The first-order valence-electron chi connectivity index (χ1n) is 6.98. The highest BCUT2D eigenvalue weighted by Gasteiger charge is 2.38. The lowest BCUT2D eigenvalue weighted by Gasteiger charge is -2.36. The molecule has 19 heavy (non-hydrogen) atoms. The molecule has 1 saturated heterocycles. The van der Waals surface area contributed by atoms with Gasteiger partial charge in [0.25, 0.3) is 0 Å². The van der Waals surface area contributed by atoms with Crippen molar-refractivity contribution in [2.24, 2.45) is 5.41 Å². The Hall–Kier alpha value is -1.55. The van der Waals surface area contributed by atoms with E-state index in [-0.39, 0.29) is 17.1 Å². The van der Waals surface area contributed by atoms with Gasteiger partial charge in [0.05, 0.1) is 11.1 Å². The van der Waals surface area contributed by atoms with E-state index in [0.29, 0.717) is 5.69 Å². The van der Waals surface area contributed by atoms with Crippen LogP contribution in [0.5, 0.6) is 5.75 Å². The van der Waals surface area contributed by atoms with Crippen LogP contribution in [0.1, 0.15) is 32.6 Å². The summed E-state index contributed by atoms with van der Waals surface area (Å²) in [5, 5.41) is 15.9. The molecule has 0 unspecified atom stereocenters. The van der Waals surface area contributed by atoms with Crippen molar-refractivity contribution in [3.63, 3.8) is 0 Å². The summed E-state index contributed by atoms with van der Waals surface area (Å²) in [7, 11) is 0. The van der Waals surface area contributed by atoms with Crippen molar-refractivity contribution in [3.05, 3.63) is 24.3 Å². The average Bonchev–Trinajstić information content (AvgIpc) is 2.42. The quantitative estimate of drug-likeness (QED) is 0.731. The van der Waals surface area contributed by atoms with Gasteiger partial charge in [0, 0.05) is 0 Å². The molecule has 0 spiro atoms. The van der Waals surface area contributed by atoms with Crippen LogP contribution >= 0.6 is 0 Å². The van der Waals surface area contributed by atoms with Gasteiger partial charge in [-0.15, -0.1) is 0 Å². The van der Waals surface area contributed by atoms with Crippen LogP contribution in [0.25, 0.3) is 0 Å². The number of amides is 1. The van der Waals surface area contributed by atoms with E-state index in [1.807, 2.05) is 6.07 Å². The molecule has 1 aromatic rings. The number of nitrogens with one attached hydrogen (secondary N) is 2. The van der Waals surface area contributed by atoms with Crippen molar-refractivity contribution in [1.82, 2.24) is 5.32 Å². The number of phenolic OH excluding ortho intramolecular Hbond substituents is 1. The average molecular weight is 262 g/mol. The first-order chi connectivity index (χ1) is 9.18. The van der Waals surface area contributed by atoms with Crippen molar-refractivity contribution in [2.45, 2.75) is 32.6 Å².